The predicted molar refractivity (Wildman–Crippen MR) is 153 cm³/mol. The number of aliphatic hydroxyl groups is 1. The fourth-order valence-corrected chi connectivity index (χ4v) is 4.76. The fourth-order valence-electron chi connectivity index (χ4n) is 4.76. The van der Waals surface area contributed by atoms with Crippen LogP contribution in [0.3, 0.4) is 0 Å². The molecule has 6 rings (SSSR count). The Morgan fingerprint density at radius 1 is 0.683 bits per heavy atom. The van der Waals surface area contributed by atoms with Gasteiger partial charge in [0.25, 0.3) is 0 Å². The van der Waals surface area contributed by atoms with Crippen LogP contribution in [0.25, 0.3) is 0 Å². The topological polar surface area (TPSA) is 135 Å². The van der Waals surface area contributed by atoms with E-state index in [4.69, 9.17) is 29.0 Å². The van der Waals surface area contributed by atoms with Gasteiger partial charge in [0.1, 0.15) is 23.0 Å². The Labute approximate surface area is 237 Å². The Hall–Kier alpha value is -4.12. The van der Waals surface area contributed by atoms with Crippen LogP contribution in [0.1, 0.15) is 36.2 Å². The Morgan fingerprint density at radius 2 is 1.15 bits per heavy atom. The fraction of sp³-hybridized carbons (Fsp3) is 0.167. The number of ether oxygens (including phenoxy) is 2. The van der Waals surface area contributed by atoms with Crippen LogP contribution in [-0.4, -0.2) is 47.1 Å². The van der Waals surface area contributed by atoms with Crippen molar-refractivity contribution in [3.8, 4) is 23.0 Å². The van der Waals surface area contributed by atoms with Gasteiger partial charge in [-0.1, -0.05) is 48.5 Å². The number of hydrogen-bond acceptors (Lipinski definition) is 8. The highest BCUT2D eigenvalue weighted by molar-refractivity contribution is 6.62. The lowest BCUT2D eigenvalue weighted by molar-refractivity contribution is -0.138. The molecule has 0 aliphatic carbocycles. The van der Waals surface area contributed by atoms with Crippen molar-refractivity contribution >= 4 is 31.1 Å². The second-order valence-corrected chi connectivity index (χ2v) is 9.48. The van der Waals surface area contributed by atoms with E-state index in [-0.39, 0.29) is 19.1 Å². The number of carboxylic acids is 1. The average Bonchev–Trinajstić information content (AvgIpc) is 3.44. The van der Waals surface area contributed by atoms with Gasteiger partial charge in [0.15, 0.2) is 0 Å². The molecule has 11 heteroatoms. The van der Waals surface area contributed by atoms with E-state index in [9.17, 15) is 14.8 Å². The van der Waals surface area contributed by atoms with E-state index in [1.807, 2.05) is 72.8 Å². The minimum Gasteiger partial charge on any atom is -0.481 e. The lowest BCUT2D eigenvalue weighted by Gasteiger charge is -2.10. The summed E-state index contributed by atoms with van der Waals surface area (Å²) in [7, 11) is -2.08. The van der Waals surface area contributed by atoms with Crippen LogP contribution in [0.4, 0.5) is 0 Å². The van der Waals surface area contributed by atoms with E-state index >= 15 is 0 Å². The summed E-state index contributed by atoms with van der Waals surface area (Å²) in [5, 5.41) is 37.6. The van der Waals surface area contributed by atoms with E-state index in [2.05, 4.69) is 0 Å². The Balaban J connectivity index is 0.000000165. The summed E-state index contributed by atoms with van der Waals surface area (Å²) in [6.45, 7) is 0.0269. The van der Waals surface area contributed by atoms with Crippen LogP contribution in [-0.2, 0) is 14.1 Å². The number of carboxylic acid groups (broad SMARTS) is 1. The van der Waals surface area contributed by atoms with E-state index in [0.29, 0.717) is 40.2 Å². The number of para-hydroxylation sites is 2. The summed E-state index contributed by atoms with van der Waals surface area (Å²) in [6.07, 6.45) is -0.583. The minimum absolute atomic E-state index is 0.0269. The lowest BCUT2D eigenvalue weighted by atomic mass is 9.79. The van der Waals surface area contributed by atoms with Gasteiger partial charge in [-0.05, 0) is 77.0 Å². The second-order valence-electron chi connectivity index (χ2n) is 9.48. The molecule has 0 aromatic heterocycles. The van der Waals surface area contributed by atoms with Crippen LogP contribution >= 0.6 is 0 Å². The molecule has 4 N–H and O–H groups in total. The molecule has 0 fully saturated rings. The highest BCUT2D eigenvalue weighted by atomic mass is 16.5. The predicted octanol–water partition coefficient (Wildman–Crippen LogP) is 3.33. The van der Waals surface area contributed by atoms with E-state index in [1.165, 1.54) is 0 Å². The highest BCUT2D eigenvalue weighted by Gasteiger charge is 2.37. The van der Waals surface area contributed by atoms with Gasteiger partial charge in [-0.3, -0.25) is 4.79 Å². The summed E-state index contributed by atoms with van der Waals surface area (Å²) in [6, 6.07) is 29.4. The molecule has 0 saturated carbocycles. The Bertz CT molecular complexity index is 1470. The molecule has 2 aliphatic rings. The van der Waals surface area contributed by atoms with Crippen molar-refractivity contribution in [1.29, 1.82) is 0 Å². The summed E-state index contributed by atoms with van der Waals surface area (Å²) < 4.78 is 22.1. The van der Waals surface area contributed by atoms with Gasteiger partial charge in [-0.25, -0.2) is 0 Å². The monoisotopic (exact) mass is 554 g/mol. The zero-order valence-corrected chi connectivity index (χ0v) is 22.0. The van der Waals surface area contributed by atoms with Crippen molar-refractivity contribution in [3.63, 3.8) is 0 Å². The summed E-state index contributed by atoms with van der Waals surface area (Å²) in [5.74, 6) is 1.69. The Kier molecular flexibility index (Phi) is 9.03. The van der Waals surface area contributed by atoms with Crippen molar-refractivity contribution < 1.29 is 43.8 Å². The largest absolute Gasteiger partial charge is 0.492 e. The molecule has 9 nitrogen and oxygen atoms in total. The number of hydrogen-bond donors (Lipinski definition) is 4. The van der Waals surface area contributed by atoms with Crippen molar-refractivity contribution in [3.05, 3.63) is 108 Å². The summed E-state index contributed by atoms with van der Waals surface area (Å²) in [4.78, 5) is 10.8. The van der Waals surface area contributed by atoms with Crippen molar-refractivity contribution in [2.24, 2.45) is 0 Å². The van der Waals surface area contributed by atoms with Gasteiger partial charge in [-0.2, -0.15) is 0 Å². The van der Waals surface area contributed by atoms with Crippen LogP contribution < -0.4 is 20.4 Å². The first-order valence-electron chi connectivity index (χ1n) is 13.1. The minimum atomic E-state index is -1.12. The van der Waals surface area contributed by atoms with Crippen LogP contribution in [0.5, 0.6) is 23.0 Å². The van der Waals surface area contributed by atoms with Gasteiger partial charge in [0.05, 0.1) is 18.6 Å². The van der Waals surface area contributed by atoms with Gasteiger partial charge in [0, 0.05) is 6.61 Å². The summed E-state index contributed by atoms with van der Waals surface area (Å²) in [5.41, 5.74) is 2.85. The number of aliphatic hydroxyl groups excluding tert-OH is 1. The number of aliphatic carboxylic acids is 1. The number of carbonyl (C=O) groups is 1. The van der Waals surface area contributed by atoms with E-state index < -0.39 is 26.3 Å². The third-order valence-electron chi connectivity index (χ3n) is 6.64. The van der Waals surface area contributed by atoms with Crippen molar-refractivity contribution in [2.75, 3.05) is 6.61 Å². The smallest absolute Gasteiger partial charge is 0.481 e. The summed E-state index contributed by atoms with van der Waals surface area (Å²) >= 11 is 0. The molecule has 4 aromatic rings. The van der Waals surface area contributed by atoms with Crippen molar-refractivity contribution in [1.82, 2.24) is 0 Å². The van der Waals surface area contributed by atoms with Crippen LogP contribution in [0.15, 0.2) is 97.1 Å². The van der Waals surface area contributed by atoms with Crippen LogP contribution in [0.2, 0.25) is 0 Å². The Morgan fingerprint density at radius 3 is 1.61 bits per heavy atom. The molecule has 41 heavy (non-hydrogen) atoms. The standard InChI is InChI=1S/C15H13BO5.C15H15BO4/c17-15(18)9-14-12-7-6-11(8-13(12)16(19)21-14)20-10-4-2-1-3-5-10;17-9-8-15-13-7-6-12(10-14(13)16(18)20-15)19-11-4-2-1-3-5-11/h1-8,14,19H,9H2,(H,17,18);1-7,10,15,17-18H,8-9H2. The van der Waals surface area contributed by atoms with E-state index in [0.717, 1.165) is 11.3 Å². The first-order chi connectivity index (χ1) is 19.9. The maximum absolute atomic E-state index is 10.8. The average molecular weight is 554 g/mol. The first kappa shape index (κ1) is 28.4. The zero-order chi connectivity index (χ0) is 28.8. The van der Waals surface area contributed by atoms with Crippen LogP contribution in [0, 0.1) is 0 Å². The van der Waals surface area contributed by atoms with Gasteiger partial charge in [-0.15, -0.1) is 0 Å². The number of rotatable bonds is 8. The molecular weight excluding hydrogens is 526 g/mol. The molecule has 2 heterocycles. The molecule has 2 unspecified atom stereocenters. The molecule has 4 aromatic carbocycles. The lowest BCUT2D eigenvalue weighted by Crippen LogP contribution is -2.28. The SMILES string of the molecule is O=C(O)CC1OB(O)c2cc(Oc3ccccc3)ccc21.OCCC1OB(O)c2cc(Oc3ccccc3)ccc21. The molecule has 0 saturated heterocycles. The highest BCUT2D eigenvalue weighted by Crippen LogP contribution is 2.31. The zero-order valence-electron chi connectivity index (χ0n) is 22.0. The normalized spacial score (nSPS) is 16.9. The van der Waals surface area contributed by atoms with Gasteiger partial charge in [0.2, 0.25) is 0 Å². The number of fused-ring (bicyclic) bond motifs is 2. The molecule has 0 bridgehead atoms. The molecule has 0 spiro atoms. The van der Waals surface area contributed by atoms with E-state index in [1.54, 1.807) is 24.3 Å². The first-order valence-corrected chi connectivity index (χ1v) is 13.1. The molecule has 208 valence electrons. The van der Waals surface area contributed by atoms with Crippen molar-refractivity contribution in [2.45, 2.75) is 25.0 Å². The quantitative estimate of drug-likeness (QED) is 0.242. The maximum Gasteiger partial charge on any atom is 0.492 e. The third-order valence-corrected chi connectivity index (χ3v) is 6.64. The molecule has 2 aliphatic heterocycles. The van der Waals surface area contributed by atoms with Gasteiger partial charge >= 0.3 is 20.2 Å². The molecule has 0 amide bonds. The third kappa shape index (κ3) is 6.97. The second kappa shape index (κ2) is 13.0. The molecule has 0 radical (unpaired) electrons. The van der Waals surface area contributed by atoms with Gasteiger partial charge < -0.3 is 39.0 Å². The molecular formula is C30H28B2O9. The maximum atomic E-state index is 10.8. The molecule has 2 atom stereocenters. The number of benzene rings is 4.